The third-order valence-electron chi connectivity index (χ3n) is 5.40. The van der Waals surface area contributed by atoms with E-state index in [0.717, 1.165) is 48.2 Å². The first-order valence-corrected chi connectivity index (χ1v) is 11.3. The second kappa shape index (κ2) is 8.71. The number of nitrogens with zero attached hydrogens (tertiary/aromatic N) is 3. The second-order valence-corrected chi connectivity index (χ2v) is 9.48. The highest BCUT2D eigenvalue weighted by molar-refractivity contribution is 8.23. The lowest BCUT2D eigenvalue weighted by Gasteiger charge is -2.30. The maximum atomic E-state index is 12.4. The van der Waals surface area contributed by atoms with Gasteiger partial charge in [0.2, 0.25) is 11.9 Å². The number of carbonyl (C=O) groups excluding carboxylic acids is 1. The van der Waals surface area contributed by atoms with Crippen LogP contribution in [0.2, 0.25) is 0 Å². The van der Waals surface area contributed by atoms with Crippen LogP contribution in [0.25, 0.3) is 10.9 Å². The molecule has 0 spiro atoms. The van der Waals surface area contributed by atoms with E-state index in [-0.39, 0.29) is 18.0 Å². The Bertz CT molecular complexity index is 913. The van der Waals surface area contributed by atoms with Crippen LogP contribution >= 0.6 is 24.0 Å². The number of carbonyl (C=O) groups is 1. The van der Waals surface area contributed by atoms with Gasteiger partial charge in [-0.3, -0.25) is 4.79 Å². The van der Waals surface area contributed by atoms with Crippen molar-refractivity contribution in [2.24, 2.45) is 0 Å². The summed E-state index contributed by atoms with van der Waals surface area (Å²) >= 11 is 6.63. The van der Waals surface area contributed by atoms with Crippen LogP contribution in [0.4, 0.5) is 11.8 Å². The lowest BCUT2D eigenvalue weighted by Crippen LogP contribution is -2.48. The zero-order chi connectivity index (χ0) is 20.4. The number of hydrogen-bond donors (Lipinski definition) is 3. The maximum Gasteiger partial charge on any atom is 0.243 e. The number of rotatable bonds is 5. The van der Waals surface area contributed by atoms with E-state index >= 15 is 0 Å². The fraction of sp³-hybridized carbons (Fsp3) is 0.500. The number of thiocarbonyl (C=S) groups is 1. The molecule has 2 aliphatic rings. The molecule has 1 unspecified atom stereocenters. The molecule has 29 heavy (non-hydrogen) atoms. The molecule has 2 heterocycles. The molecule has 1 saturated heterocycles. The van der Waals surface area contributed by atoms with Gasteiger partial charge in [0, 0.05) is 37.3 Å². The van der Waals surface area contributed by atoms with Gasteiger partial charge in [0.25, 0.3) is 0 Å². The summed E-state index contributed by atoms with van der Waals surface area (Å²) in [6, 6.07) is 8.41. The van der Waals surface area contributed by atoms with Gasteiger partial charge >= 0.3 is 0 Å². The Hall–Kier alpha value is -2.13. The first kappa shape index (κ1) is 20.2. The van der Waals surface area contributed by atoms with Crippen LogP contribution in [0.1, 0.15) is 25.7 Å². The summed E-state index contributed by atoms with van der Waals surface area (Å²) in [7, 11) is 3.99. The minimum atomic E-state index is -0.196. The van der Waals surface area contributed by atoms with Crippen molar-refractivity contribution in [1.29, 1.82) is 0 Å². The largest absolute Gasteiger partial charge is 0.362 e. The first-order valence-electron chi connectivity index (χ1n) is 9.94. The summed E-state index contributed by atoms with van der Waals surface area (Å²) < 4.78 is 0.713. The van der Waals surface area contributed by atoms with E-state index in [0.29, 0.717) is 16.3 Å². The fourth-order valence-corrected chi connectivity index (χ4v) is 4.98. The van der Waals surface area contributed by atoms with Crippen molar-refractivity contribution in [2.45, 2.75) is 43.8 Å². The average molecular weight is 431 g/mol. The van der Waals surface area contributed by atoms with E-state index in [1.807, 2.05) is 43.3 Å². The topological polar surface area (TPSA) is 82.2 Å². The number of nitrogens with one attached hydrogen (secondary N) is 3. The van der Waals surface area contributed by atoms with Crippen molar-refractivity contribution in [3.8, 4) is 0 Å². The van der Waals surface area contributed by atoms with Crippen LogP contribution < -0.4 is 20.9 Å². The summed E-state index contributed by atoms with van der Waals surface area (Å²) in [5.74, 6) is 2.36. The van der Waals surface area contributed by atoms with E-state index in [1.54, 1.807) is 0 Å². The Morgan fingerprint density at radius 2 is 1.90 bits per heavy atom. The quantitative estimate of drug-likeness (QED) is 0.625. The average Bonchev–Trinajstić information content (AvgIpc) is 3.15. The molecule has 0 radical (unpaired) electrons. The predicted molar refractivity (Wildman–Crippen MR) is 124 cm³/mol. The highest BCUT2D eigenvalue weighted by atomic mass is 32.2. The fourth-order valence-electron chi connectivity index (χ4n) is 3.86. The molecule has 4 rings (SSSR count). The molecular formula is C20H26N6OS2. The van der Waals surface area contributed by atoms with Gasteiger partial charge in [-0.25, -0.2) is 4.98 Å². The molecule has 1 saturated carbocycles. The third kappa shape index (κ3) is 4.72. The van der Waals surface area contributed by atoms with Gasteiger partial charge in [-0.05, 0) is 37.8 Å². The minimum absolute atomic E-state index is 0.0576. The molecule has 9 heteroatoms. The molecule has 1 aliphatic heterocycles. The van der Waals surface area contributed by atoms with Crippen LogP contribution in [-0.4, -0.2) is 58.2 Å². The van der Waals surface area contributed by atoms with Gasteiger partial charge in [0.15, 0.2) is 0 Å². The molecular weight excluding hydrogens is 404 g/mol. The van der Waals surface area contributed by atoms with E-state index < -0.39 is 0 Å². The summed E-state index contributed by atoms with van der Waals surface area (Å²) in [6.45, 7) is 0. The van der Waals surface area contributed by atoms with Crippen LogP contribution in [-0.2, 0) is 4.79 Å². The number of fused-ring (bicyclic) bond motifs is 1. The van der Waals surface area contributed by atoms with Crippen LogP contribution in [0.3, 0.4) is 0 Å². The molecule has 0 bridgehead atoms. The molecule has 2 aromatic rings. The molecule has 154 valence electrons. The van der Waals surface area contributed by atoms with Gasteiger partial charge in [0.1, 0.15) is 16.2 Å². The van der Waals surface area contributed by atoms with Crippen molar-refractivity contribution >= 4 is 56.9 Å². The van der Waals surface area contributed by atoms with Crippen LogP contribution in [0.5, 0.6) is 0 Å². The Morgan fingerprint density at radius 3 is 2.59 bits per heavy atom. The number of thioether (sulfide) groups is 1. The highest BCUT2D eigenvalue weighted by Gasteiger charge is 2.29. The van der Waals surface area contributed by atoms with Gasteiger partial charge in [-0.2, -0.15) is 4.98 Å². The van der Waals surface area contributed by atoms with Crippen molar-refractivity contribution in [3.63, 3.8) is 0 Å². The smallest absolute Gasteiger partial charge is 0.243 e. The summed E-state index contributed by atoms with van der Waals surface area (Å²) in [6.07, 6.45) is 3.84. The van der Waals surface area contributed by atoms with Crippen molar-refractivity contribution in [1.82, 2.24) is 20.6 Å². The zero-order valence-electron chi connectivity index (χ0n) is 16.6. The second-order valence-electron chi connectivity index (χ2n) is 7.78. The number of hydrogen-bond acceptors (Lipinski definition) is 7. The van der Waals surface area contributed by atoms with Crippen molar-refractivity contribution in [2.75, 3.05) is 30.1 Å². The Labute approximate surface area is 180 Å². The molecule has 3 N–H and O–H groups in total. The number of anilines is 2. The molecule has 1 aromatic carbocycles. The SMILES string of the molecule is CN(C)c1nc(N[C@H]2CC[C@@H](NC(=O)C3CSC(=S)N3)CC2)nc2ccccc12. The zero-order valence-corrected chi connectivity index (χ0v) is 18.3. The molecule has 1 aliphatic carbocycles. The maximum absolute atomic E-state index is 12.4. The van der Waals surface area contributed by atoms with Crippen molar-refractivity contribution in [3.05, 3.63) is 24.3 Å². The molecule has 7 nitrogen and oxygen atoms in total. The minimum Gasteiger partial charge on any atom is -0.362 e. The molecule has 1 amide bonds. The van der Waals surface area contributed by atoms with Gasteiger partial charge in [0.05, 0.1) is 5.52 Å². The van der Waals surface area contributed by atoms with Gasteiger partial charge < -0.3 is 20.9 Å². The van der Waals surface area contributed by atoms with Crippen molar-refractivity contribution < 1.29 is 4.79 Å². The number of para-hydroxylation sites is 1. The third-order valence-corrected chi connectivity index (χ3v) is 6.75. The first-order chi connectivity index (χ1) is 14.0. The predicted octanol–water partition coefficient (Wildman–Crippen LogP) is 2.53. The van der Waals surface area contributed by atoms with E-state index in [4.69, 9.17) is 22.2 Å². The summed E-state index contributed by atoms with van der Waals surface area (Å²) in [4.78, 5) is 23.8. The summed E-state index contributed by atoms with van der Waals surface area (Å²) in [5.41, 5.74) is 0.939. The number of amides is 1. The lowest BCUT2D eigenvalue weighted by atomic mass is 9.91. The molecule has 2 fully saturated rings. The molecule has 1 atom stereocenters. The highest BCUT2D eigenvalue weighted by Crippen LogP contribution is 2.26. The number of aromatic nitrogens is 2. The van der Waals surface area contributed by atoms with E-state index in [1.165, 1.54) is 11.8 Å². The van der Waals surface area contributed by atoms with Gasteiger partial charge in [-0.15, -0.1) is 0 Å². The Kier molecular flexibility index (Phi) is 6.05. The van der Waals surface area contributed by atoms with Gasteiger partial charge in [-0.1, -0.05) is 36.1 Å². The molecule has 1 aromatic heterocycles. The standard InChI is InChI=1S/C20H26N6OS2/c1-26(2)17-14-5-3-4-6-15(14)23-19(25-17)22-13-9-7-12(8-10-13)21-18(27)16-11-29-20(28)24-16/h3-6,12-13,16H,7-11H2,1-2H3,(H,21,27)(H,24,28)(H,22,23,25)/t12-,13+,16?. The van der Waals surface area contributed by atoms with Crippen LogP contribution in [0, 0.1) is 0 Å². The van der Waals surface area contributed by atoms with E-state index in [2.05, 4.69) is 16.0 Å². The monoisotopic (exact) mass is 430 g/mol. The lowest BCUT2D eigenvalue weighted by molar-refractivity contribution is -0.123. The Morgan fingerprint density at radius 1 is 1.17 bits per heavy atom. The van der Waals surface area contributed by atoms with Crippen LogP contribution in [0.15, 0.2) is 24.3 Å². The Balaban J connectivity index is 1.35. The number of benzene rings is 1. The van der Waals surface area contributed by atoms with E-state index in [9.17, 15) is 4.79 Å². The summed E-state index contributed by atoms with van der Waals surface area (Å²) in [5, 5.41) is 10.8. The normalized spacial score (nSPS) is 24.2.